The summed E-state index contributed by atoms with van der Waals surface area (Å²) >= 11 is 0. The van der Waals surface area contributed by atoms with Gasteiger partial charge in [-0.2, -0.15) is 0 Å². The highest BCUT2D eigenvalue weighted by Crippen LogP contribution is 2.50. The van der Waals surface area contributed by atoms with Gasteiger partial charge in [-0.15, -0.1) is 0 Å². The number of fused-ring (bicyclic) bond motifs is 2. The molecule has 2 fully saturated rings. The maximum absolute atomic E-state index is 2.30. The Morgan fingerprint density at radius 1 is 1.00 bits per heavy atom. The Hall–Kier alpha value is -0.563. The van der Waals surface area contributed by atoms with E-state index in [1.807, 2.05) is 0 Å². The average Bonchev–Trinajstić information content (AvgIpc) is 2.81. The van der Waals surface area contributed by atoms with Crippen molar-refractivity contribution >= 4 is 14.7 Å². The molecule has 0 aliphatic heterocycles. The van der Waals surface area contributed by atoms with Crippen LogP contribution in [0.15, 0.2) is 30.3 Å². The van der Waals surface area contributed by atoms with Gasteiger partial charge in [0.15, 0.2) is 0 Å². The second kappa shape index (κ2) is 3.54. The van der Waals surface area contributed by atoms with Crippen molar-refractivity contribution in [2.24, 2.45) is 11.8 Å². The van der Waals surface area contributed by atoms with Crippen molar-refractivity contribution in [2.45, 2.75) is 31.2 Å². The molecule has 14 heavy (non-hydrogen) atoms. The van der Waals surface area contributed by atoms with Gasteiger partial charge in [0, 0.05) is 0 Å². The predicted octanol–water partition coefficient (Wildman–Crippen LogP) is 2.62. The molecule has 2 saturated carbocycles. The fourth-order valence-electron chi connectivity index (χ4n) is 3.17. The number of benzene rings is 1. The lowest BCUT2D eigenvalue weighted by atomic mass is 10.0. The summed E-state index contributed by atoms with van der Waals surface area (Å²) in [5, 5.41) is 1.57. The second-order valence-corrected chi connectivity index (χ2v) is 6.40. The van der Waals surface area contributed by atoms with Gasteiger partial charge in [0.25, 0.3) is 0 Å². The van der Waals surface area contributed by atoms with E-state index in [-0.39, 0.29) is 0 Å². The molecular weight excluding hydrogens is 184 g/mol. The maximum Gasteiger partial charge on any atom is 0.0845 e. The van der Waals surface area contributed by atoms with Gasteiger partial charge in [-0.3, -0.25) is 0 Å². The van der Waals surface area contributed by atoms with E-state index < -0.39 is 0 Å². The third-order valence-corrected chi connectivity index (χ3v) is 5.61. The van der Waals surface area contributed by atoms with Crippen molar-refractivity contribution in [1.29, 1.82) is 0 Å². The van der Waals surface area contributed by atoms with E-state index in [4.69, 9.17) is 0 Å². The summed E-state index contributed by atoms with van der Waals surface area (Å²) in [4.78, 5) is 0. The van der Waals surface area contributed by atoms with E-state index in [0.717, 1.165) is 26.9 Å². The van der Waals surface area contributed by atoms with Crippen LogP contribution in [-0.4, -0.2) is 9.52 Å². The van der Waals surface area contributed by atoms with Crippen LogP contribution in [0.25, 0.3) is 0 Å². The summed E-state index contributed by atoms with van der Waals surface area (Å²) in [5.74, 6) is 2.18. The van der Waals surface area contributed by atoms with E-state index in [2.05, 4.69) is 30.3 Å². The van der Waals surface area contributed by atoms with Gasteiger partial charge in [0.05, 0.1) is 9.52 Å². The summed E-state index contributed by atoms with van der Waals surface area (Å²) in [6.07, 6.45) is 6.12. The minimum atomic E-state index is 1.04. The van der Waals surface area contributed by atoms with Crippen LogP contribution in [0.4, 0.5) is 0 Å². The van der Waals surface area contributed by atoms with Crippen LogP contribution in [0.1, 0.15) is 25.7 Å². The SMILES string of the molecule is c1ccc([Si][C@@H]2C[C@H]3CC[C@@H]2C3)cc1. The van der Waals surface area contributed by atoms with Gasteiger partial charge >= 0.3 is 0 Å². The predicted molar refractivity (Wildman–Crippen MR) is 61.0 cm³/mol. The smallest absolute Gasteiger partial charge is 0.0639 e. The first kappa shape index (κ1) is 8.72. The van der Waals surface area contributed by atoms with Crippen molar-refractivity contribution in [2.75, 3.05) is 0 Å². The summed E-state index contributed by atoms with van der Waals surface area (Å²) in [6.45, 7) is 0. The van der Waals surface area contributed by atoms with E-state index in [1.165, 1.54) is 19.3 Å². The molecule has 0 spiro atoms. The first-order valence-electron chi connectivity index (χ1n) is 5.73. The molecule has 1 heteroatoms. The maximum atomic E-state index is 2.30. The Bertz CT molecular complexity index is 306. The fourth-order valence-corrected chi connectivity index (χ4v) is 4.97. The lowest BCUT2D eigenvalue weighted by Gasteiger charge is -2.20. The third kappa shape index (κ3) is 1.54. The number of hydrogen-bond acceptors (Lipinski definition) is 0. The first-order valence-corrected chi connectivity index (χ1v) is 6.81. The molecule has 0 amide bonds. The molecular formula is C13H16Si. The van der Waals surface area contributed by atoms with Crippen LogP contribution in [0, 0.1) is 11.8 Å². The monoisotopic (exact) mass is 200 g/mol. The zero-order valence-corrected chi connectivity index (χ0v) is 9.45. The minimum absolute atomic E-state index is 1.04. The van der Waals surface area contributed by atoms with Crippen molar-refractivity contribution < 1.29 is 0 Å². The van der Waals surface area contributed by atoms with Crippen LogP contribution in [0.5, 0.6) is 0 Å². The Morgan fingerprint density at radius 3 is 2.50 bits per heavy atom. The molecule has 72 valence electrons. The topological polar surface area (TPSA) is 0 Å². The molecule has 2 bridgehead atoms. The summed E-state index contributed by atoms with van der Waals surface area (Å²) < 4.78 is 0. The van der Waals surface area contributed by atoms with Crippen molar-refractivity contribution in [3.05, 3.63) is 30.3 Å². The summed E-state index contributed by atoms with van der Waals surface area (Å²) in [6, 6.07) is 11.1. The van der Waals surface area contributed by atoms with E-state index in [9.17, 15) is 0 Å². The Kier molecular flexibility index (Phi) is 2.21. The molecule has 0 saturated heterocycles. The quantitative estimate of drug-likeness (QED) is 0.644. The molecule has 0 aromatic heterocycles. The second-order valence-electron chi connectivity index (χ2n) is 4.79. The standard InChI is InChI=1S/C13H16Si/c1-2-4-12(5-3-1)14-13-9-10-6-7-11(13)8-10/h1-5,10-11,13H,6-9H2/t10-,11+,13+/m0/s1. The molecule has 0 unspecified atom stereocenters. The molecule has 2 aliphatic carbocycles. The largest absolute Gasteiger partial charge is 0.0845 e. The normalized spacial score (nSPS) is 35.0. The molecule has 0 heterocycles. The molecule has 0 nitrogen and oxygen atoms in total. The number of hydrogen-bond donors (Lipinski definition) is 0. The van der Waals surface area contributed by atoms with E-state index >= 15 is 0 Å². The molecule has 0 N–H and O–H groups in total. The molecule has 1 aromatic carbocycles. The van der Waals surface area contributed by atoms with Crippen LogP contribution in [0.3, 0.4) is 0 Å². The van der Waals surface area contributed by atoms with Crippen LogP contribution >= 0.6 is 0 Å². The van der Waals surface area contributed by atoms with Crippen LogP contribution in [-0.2, 0) is 0 Å². The lowest BCUT2D eigenvalue weighted by molar-refractivity contribution is 0.478. The van der Waals surface area contributed by atoms with Gasteiger partial charge in [0.2, 0.25) is 0 Å². The zero-order valence-electron chi connectivity index (χ0n) is 8.45. The van der Waals surface area contributed by atoms with Gasteiger partial charge in [0.1, 0.15) is 0 Å². The lowest BCUT2D eigenvalue weighted by Crippen LogP contribution is -2.22. The van der Waals surface area contributed by atoms with Crippen LogP contribution < -0.4 is 5.19 Å². The minimum Gasteiger partial charge on any atom is -0.0639 e. The van der Waals surface area contributed by atoms with Gasteiger partial charge < -0.3 is 0 Å². The highest BCUT2D eigenvalue weighted by molar-refractivity contribution is 6.55. The zero-order chi connectivity index (χ0) is 9.38. The van der Waals surface area contributed by atoms with Crippen molar-refractivity contribution in [1.82, 2.24) is 0 Å². The highest BCUT2D eigenvalue weighted by atomic mass is 28.2. The van der Waals surface area contributed by atoms with Gasteiger partial charge in [-0.05, 0) is 30.2 Å². The Labute approximate surface area is 88.5 Å². The Morgan fingerprint density at radius 2 is 1.86 bits per heavy atom. The van der Waals surface area contributed by atoms with Crippen LogP contribution in [0.2, 0.25) is 5.54 Å². The molecule has 3 atom stereocenters. The van der Waals surface area contributed by atoms with Gasteiger partial charge in [-0.25, -0.2) is 0 Å². The highest BCUT2D eigenvalue weighted by Gasteiger charge is 2.39. The Balaban J connectivity index is 1.69. The third-order valence-electron chi connectivity index (χ3n) is 3.86. The summed E-state index contributed by atoms with van der Waals surface area (Å²) in [5.41, 5.74) is 1.04. The summed E-state index contributed by atoms with van der Waals surface area (Å²) in [7, 11) is 1.08. The number of rotatable bonds is 2. The van der Waals surface area contributed by atoms with Gasteiger partial charge in [-0.1, -0.05) is 48.4 Å². The molecule has 2 radical (unpaired) electrons. The molecule has 1 aromatic rings. The molecule has 3 rings (SSSR count). The van der Waals surface area contributed by atoms with E-state index in [0.29, 0.717) is 0 Å². The fraction of sp³-hybridized carbons (Fsp3) is 0.538. The van der Waals surface area contributed by atoms with Crippen molar-refractivity contribution in [3.8, 4) is 0 Å². The van der Waals surface area contributed by atoms with Crippen molar-refractivity contribution in [3.63, 3.8) is 0 Å². The molecule has 2 aliphatic rings. The first-order chi connectivity index (χ1) is 6.92. The average molecular weight is 200 g/mol. The van der Waals surface area contributed by atoms with E-state index in [1.54, 1.807) is 11.6 Å².